The van der Waals surface area contributed by atoms with Crippen LogP contribution in [0.15, 0.2) is 24.3 Å². The molecule has 2 N–H and O–H groups in total. The maximum Gasteiger partial charge on any atom is 0.306 e. The number of carbonyl (C=O) groups is 1. The number of carboxylic acid groups (broad SMARTS) is 1. The van der Waals surface area contributed by atoms with Gasteiger partial charge in [-0.15, -0.1) is 0 Å². The van der Waals surface area contributed by atoms with Gasteiger partial charge in [-0.3, -0.25) is 4.79 Å². The van der Waals surface area contributed by atoms with Crippen LogP contribution in [0, 0.1) is 5.92 Å². The molecule has 0 atom stereocenters. The normalized spacial score (nSPS) is 21.5. The van der Waals surface area contributed by atoms with Crippen LogP contribution in [0.2, 0.25) is 5.02 Å². The Morgan fingerprint density at radius 1 is 1.18 bits per heavy atom. The van der Waals surface area contributed by atoms with Gasteiger partial charge < -0.3 is 15.2 Å². The molecular formula is C17H24ClNO3. The molecule has 0 unspecified atom stereocenters. The van der Waals surface area contributed by atoms with E-state index in [0.29, 0.717) is 17.7 Å². The summed E-state index contributed by atoms with van der Waals surface area (Å²) in [6.45, 7) is 1.67. The first-order chi connectivity index (χ1) is 10.6. The lowest BCUT2D eigenvalue weighted by atomic mass is 9.86. The SMILES string of the molecule is O=C(O)C1CCC(NCCCCOc2ccc(Cl)cc2)CC1. The molecule has 2 rings (SSSR count). The van der Waals surface area contributed by atoms with Crippen LogP contribution in [0.3, 0.4) is 0 Å². The molecule has 0 spiro atoms. The van der Waals surface area contributed by atoms with E-state index in [-0.39, 0.29) is 5.92 Å². The molecule has 0 saturated heterocycles. The summed E-state index contributed by atoms with van der Waals surface area (Å²) in [6.07, 6.45) is 5.60. The summed E-state index contributed by atoms with van der Waals surface area (Å²) in [5, 5.41) is 13.2. The number of hydrogen-bond donors (Lipinski definition) is 2. The Kier molecular flexibility index (Phi) is 7.00. The van der Waals surface area contributed by atoms with Crippen LogP contribution in [0.1, 0.15) is 38.5 Å². The van der Waals surface area contributed by atoms with Crippen molar-refractivity contribution in [1.29, 1.82) is 0 Å². The van der Waals surface area contributed by atoms with Gasteiger partial charge >= 0.3 is 5.97 Å². The third-order valence-electron chi connectivity index (χ3n) is 4.16. The van der Waals surface area contributed by atoms with E-state index >= 15 is 0 Å². The van der Waals surface area contributed by atoms with E-state index in [0.717, 1.165) is 50.8 Å². The Labute approximate surface area is 136 Å². The lowest BCUT2D eigenvalue weighted by Crippen LogP contribution is -2.35. The van der Waals surface area contributed by atoms with Gasteiger partial charge in [-0.05, 0) is 69.3 Å². The molecule has 1 aromatic carbocycles. The van der Waals surface area contributed by atoms with Crippen molar-refractivity contribution < 1.29 is 14.6 Å². The van der Waals surface area contributed by atoms with Crippen molar-refractivity contribution in [2.75, 3.05) is 13.2 Å². The molecule has 1 fully saturated rings. The molecule has 0 aromatic heterocycles. The van der Waals surface area contributed by atoms with Crippen molar-refractivity contribution >= 4 is 17.6 Å². The molecule has 0 bridgehead atoms. The molecule has 1 aliphatic rings. The number of benzene rings is 1. The van der Waals surface area contributed by atoms with Crippen LogP contribution in [-0.4, -0.2) is 30.3 Å². The number of hydrogen-bond acceptors (Lipinski definition) is 3. The first-order valence-corrected chi connectivity index (χ1v) is 8.37. The van der Waals surface area contributed by atoms with Crippen LogP contribution in [0.25, 0.3) is 0 Å². The second kappa shape index (κ2) is 9.01. The van der Waals surface area contributed by atoms with Crippen molar-refractivity contribution in [2.24, 2.45) is 5.92 Å². The molecule has 5 heteroatoms. The van der Waals surface area contributed by atoms with E-state index in [1.807, 2.05) is 24.3 Å². The van der Waals surface area contributed by atoms with Gasteiger partial charge in [0.1, 0.15) is 5.75 Å². The second-order valence-corrected chi connectivity index (χ2v) is 6.29. The van der Waals surface area contributed by atoms with Crippen LogP contribution >= 0.6 is 11.6 Å². The summed E-state index contributed by atoms with van der Waals surface area (Å²) in [6, 6.07) is 7.88. The molecule has 0 radical (unpaired) electrons. The zero-order valence-electron chi connectivity index (χ0n) is 12.8. The highest BCUT2D eigenvalue weighted by Crippen LogP contribution is 2.24. The average Bonchev–Trinajstić information content (AvgIpc) is 2.53. The van der Waals surface area contributed by atoms with Gasteiger partial charge in [0.25, 0.3) is 0 Å². The van der Waals surface area contributed by atoms with Gasteiger partial charge in [-0.1, -0.05) is 11.6 Å². The highest BCUT2D eigenvalue weighted by Gasteiger charge is 2.25. The zero-order valence-corrected chi connectivity index (χ0v) is 13.5. The van der Waals surface area contributed by atoms with Gasteiger partial charge in [0.15, 0.2) is 0 Å². The maximum absolute atomic E-state index is 10.9. The van der Waals surface area contributed by atoms with Gasteiger partial charge in [-0.25, -0.2) is 0 Å². The molecule has 122 valence electrons. The Morgan fingerprint density at radius 2 is 1.86 bits per heavy atom. The fraction of sp³-hybridized carbons (Fsp3) is 0.588. The van der Waals surface area contributed by atoms with Crippen LogP contribution < -0.4 is 10.1 Å². The largest absolute Gasteiger partial charge is 0.494 e. The third kappa shape index (κ3) is 5.85. The van der Waals surface area contributed by atoms with Crippen LogP contribution in [0.5, 0.6) is 5.75 Å². The predicted octanol–water partition coefficient (Wildman–Crippen LogP) is 3.73. The number of halogens is 1. The minimum Gasteiger partial charge on any atom is -0.494 e. The van der Waals surface area contributed by atoms with E-state index in [1.54, 1.807) is 0 Å². The molecule has 1 aliphatic carbocycles. The number of rotatable bonds is 8. The highest BCUT2D eigenvalue weighted by atomic mass is 35.5. The summed E-state index contributed by atoms with van der Waals surface area (Å²) < 4.78 is 5.64. The molecule has 4 nitrogen and oxygen atoms in total. The van der Waals surface area contributed by atoms with Crippen LogP contribution in [0.4, 0.5) is 0 Å². The summed E-state index contributed by atoms with van der Waals surface area (Å²) in [7, 11) is 0. The van der Waals surface area contributed by atoms with Crippen molar-refractivity contribution in [3.05, 3.63) is 29.3 Å². The average molecular weight is 326 g/mol. The molecular weight excluding hydrogens is 302 g/mol. The third-order valence-corrected chi connectivity index (χ3v) is 4.41. The molecule has 0 heterocycles. The number of aliphatic carboxylic acids is 1. The minimum atomic E-state index is -0.641. The number of nitrogens with one attached hydrogen (secondary N) is 1. The van der Waals surface area contributed by atoms with E-state index in [4.69, 9.17) is 21.4 Å². The minimum absolute atomic E-state index is 0.133. The monoisotopic (exact) mass is 325 g/mol. The zero-order chi connectivity index (χ0) is 15.8. The van der Waals surface area contributed by atoms with E-state index < -0.39 is 5.97 Å². The fourth-order valence-electron chi connectivity index (χ4n) is 2.80. The molecule has 0 amide bonds. The van der Waals surface area contributed by atoms with Crippen LogP contribution in [-0.2, 0) is 4.79 Å². The van der Waals surface area contributed by atoms with Crippen molar-refractivity contribution in [3.8, 4) is 5.75 Å². The smallest absolute Gasteiger partial charge is 0.306 e. The van der Waals surface area contributed by atoms with E-state index in [1.165, 1.54) is 0 Å². The van der Waals surface area contributed by atoms with Crippen molar-refractivity contribution in [1.82, 2.24) is 5.32 Å². The predicted molar refractivity (Wildman–Crippen MR) is 87.6 cm³/mol. The Morgan fingerprint density at radius 3 is 2.50 bits per heavy atom. The molecule has 22 heavy (non-hydrogen) atoms. The van der Waals surface area contributed by atoms with Crippen molar-refractivity contribution in [3.63, 3.8) is 0 Å². The van der Waals surface area contributed by atoms with Gasteiger partial charge in [0, 0.05) is 11.1 Å². The van der Waals surface area contributed by atoms with E-state index in [2.05, 4.69) is 5.32 Å². The van der Waals surface area contributed by atoms with Gasteiger partial charge in [0.05, 0.1) is 12.5 Å². The van der Waals surface area contributed by atoms with Gasteiger partial charge in [0.2, 0.25) is 0 Å². The molecule has 1 saturated carbocycles. The molecule has 0 aliphatic heterocycles. The first-order valence-electron chi connectivity index (χ1n) is 7.99. The Balaban J connectivity index is 1.49. The summed E-state index contributed by atoms with van der Waals surface area (Å²) in [5.41, 5.74) is 0. The summed E-state index contributed by atoms with van der Waals surface area (Å²) >= 11 is 5.82. The maximum atomic E-state index is 10.9. The molecule has 1 aromatic rings. The fourth-order valence-corrected chi connectivity index (χ4v) is 2.92. The highest BCUT2D eigenvalue weighted by molar-refractivity contribution is 6.30. The lowest BCUT2D eigenvalue weighted by molar-refractivity contribution is -0.142. The number of ether oxygens (including phenoxy) is 1. The standard InChI is InChI=1S/C17H24ClNO3/c18-14-5-9-16(10-6-14)22-12-2-1-11-19-15-7-3-13(4-8-15)17(20)21/h5-6,9-10,13,15,19H,1-4,7-8,11-12H2,(H,20,21). The van der Waals surface area contributed by atoms with Crippen molar-refractivity contribution in [2.45, 2.75) is 44.6 Å². The summed E-state index contributed by atoms with van der Waals surface area (Å²) in [5.74, 6) is 0.0768. The Bertz CT molecular complexity index is 455. The Hall–Kier alpha value is -1.26. The van der Waals surface area contributed by atoms with E-state index in [9.17, 15) is 4.79 Å². The second-order valence-electron chi connectivity index (χ2n) is 5.85. The lowest BCUT2D eigenvalue weighted by Gasteiger charge is -2.26. The quantitative estimate of drug-likeness (QED) is 0.715. The number of unbranched alkanes of at least 4 members (excludes halogenated alkanes) is 1. The summed E-state index contributed by atoms with van der Waals surface area (Å²) in [4.78, 5) is 10.9. The van der Waals surface area contributed by atoms with Gasteiger partial charge in [-0.2, -0.15) is 0 Å². The first kappa shape index (κ1) is 17.1. The number of carboxylic acids is 1. The topological polar surface area (TPSA) is 58.6 Å².